The van der Waals surface area contributed by atoms with Crippen LogP contribution in [0.4, 0.5) is 10.5 Å². The highest BCUT2D eigenvalue weighted by atomic mass is 16.5. The van der Waals surface area contributed by atoms with E-state index in [1.807, 2.05) is 25.2 Å². The van der Waals surface area contributed by atoms with Gasteiger partial charge in [0.2, 0.25) is 0 Å². The minimum Gasteiger partial charge on any atom is -0.464 e. The average molecular weight is 306 g/mol. The minimum atomic E-state index is -0.857. The summed E-state index contributed by atoms with van der Waals surface area (Å²) in [4.78, 5) is 25.8. The summed E-state index contributed by atoms with van der Waals surface area (Å²) >= 11 is 0. The van der Waals surface area contributed by atoms with Crippen molar-refractivity contribution in [1.82, 2.24) is 5.32 Å². The third-order valence-corrected chi connectivity index (χ3v) is 3.76. The predicted molar refractivity (Wildman–Crippen MR) is 82.9 cm³/mol. The lowest BCUT2D eigenvalue weighted by atomic mass is 9.96. The Hall–Kier alpha value is -2.24. The number of carbonyl (C=O) groups is 2. The normalized spacial score (nSPS) is 14.8. The number of ether oxygens (including phenoxy) is 2. The molecule has 6 nitrogen and oxygen atoms in total. The van der Waals surface area contributed by atoms with Crippen molar-refractivity contribution in [3.05, 3.63) is 29.3 Å². The first kappa shape index (κ1) is 16.1. The van der Waals surface area contributed by atoms with E-state index >= 15 is 0 Å². The van der Waals surface area contributed by atoms with Crippen molar-refractivity contribution in [3.63, 3.8) is 0 Å². The molecule has 1 aliphatic rings. The lowest BCUT2D eigenvalue weighted by molar-refractivity contribution is -0.145. The highest BCUT2D eigenvalue weighted by molar-refractivity contribution is 5.83. The number of aryl methyl sites for hydroxylation is 1. The monoisotopic (exact) mass is 306 g/mol. The van der Waals surface area contributed by atoms with Crippen LogP contribution >= 0.6 is 0 Å². The van der Waals surface area contributed by atoms with Crippen LogP contribution in [0.3, 0.4) is 0 Å². The summed E-state index contributed by atoms with van der Waals surface area (Å²) in [7, 11) is 3.31. The molecule has 1 aromatic rings. The van der Waals surface area contributed by atoms with Crippen LogP contribution in [-0.4, -0.2) is 39.4 Å². The molecule has 1 heterocycles. The summed E-state index contributed by atoms with van der Waals surface area (Å²) < 4.78 is 9.64. The number of hydrogen-bond donors (Lipinski definition) is 1. The molecule has 120 valence electrons. The molecule has 0 aromatic heterocycles. The van der Waals surface area contributed by atoms with Gasteiger partial charge in [0.1, 0.15) is 0 Å². The summed E-state index contributed by atoms with van der Waals surface area (Å²) in [5.41, 5.74) is 3.04. The highest BCUT2D eigenvalue weighted by Gasteiger charge is 2.26. The van der Waals surface area contributed by atoms with Crippen LogP contribution in [0.2, 0.25) is 0 Å². The molecule has 2 rings (SSSR count). The van der Waals surface area contributed by atoms with Crippen molar-refractivity contribution in [2.24, 2.45) is 0 Å². The van der Waals surface area contributed by atoms with Crippen molar-refractivity contribution in [3.8, 4) is 0 Å². The van der Waals surface area contributed by atoms with Crippen LogP contribution in [0.1, 0.15) is 30.5 Å². The maximum Gasteiger partial charge on any atom is 0.407 e. The van der Waals surface area contributed by atoms with Crippen LogP contribution in [0, 0.1) is 0 Å². The van der Waals surface area contributed by atoms with Gasteiger partial charge in [0.15, 0.2) is 6.04 Å². The smallest absolute Gasteiger partial charge is 0.407 e. The van der Waals surface area contributed by atoms with Gasteiger partial charge < -0.3 is 19.7 Å². The maximum atomic E-state index is 12.1. The molecule has 1 aliphatic heterocycles. The Morgan fingerprint density at radius 2 is 2.18 bits per heavy atom. The molecule has 0 fully saturated rings. The molecule has 1 aromatic carbocycles. The zero-order valence-corrected chi connectivity index (χ0v) is 13.2. The molecule has 0 radical (unpaired) electrons. The number of carbonyl (C=O) groups excluding carboxylic acids is 2. The Balaban J connectivity index is 2.30. The fraction of sp³-hybridized carbons (Fsp3) is 0.500. The Kier molecular flexibility index (Phi) is 5.25. The van der Waals surface area contributed by atoms with Gasteiger partial charge in [-0.05, 0) is 37.0 Å². The number of benzene rings is 1. The maximum absolute atomic E-state index is 12.1. The van der Waals surface area contributed by atoms with Gasteiger partial charge in [0, 0.05) is 19.3 Å². The zero-order valence-electron chi connectivity index (χ0n) is 13.2. The second-order valence-corrected chi connectivity index (χ2v) is 5.23. The van der Waals surface area contributed by atoms with Crippen molar-refractivity contribution >= 4 is 17.7 Å². The van der Waals surface area contributed by atoms with E-state index in [9.17, 15) is 9.59 Å². The standard InChI is InChI=1S/C16H22N2O4/c1-4-22-15(19)14(17-16(20)21-3)12-7-8-13-11(10-12)6-5-9-18(13)2/h7-8,10,14H,4-6,9H2,1-3H3,(H,17,20). The predicted octanol–water partition coefficient (Wildman–Crippen LogP) is 2.03. The van der Waals surface area contributed by atoms with Crippen LogP contribution in [0.15, 0.2) is 18.2 Å². The number of nitrogens with one attached hydrogen (secondary N) is 1. The number of amides is 1. The number of alkyl carbamates (subject to hydrolysis) is 1. The number of fused-ring (bicyclic) bond motifs is 1. The largest absolute Gasteiger partial charge is 0.464 e. The summed E-state index contributed by atoms with van der Waals surface area (Å²) in [6, 6.07) is 4.93. The van der Waals surface area contributed by atoms with Gasteiger partial charge >= 0.3 is 12.1 Å². The van der Waals surface area contributed by atoms with Gasteiger partial charge in [-0.1, -0.05) is 12.1 Å². The molecule has 0 spiro atoms. The van der Waals surface area contributed by atoms with E-state index in [4.69, 9.17) is 4.74 Å². The second-order valence-electron chi connectivity index (χ2n) is 5.23. The fourth-order valence-corrected chi connectivity index (χ4v) is 2.67. The first-order valence-corrected chi connectivity index (χ1v) is 7.42. The average Bonchev–Trinajstić information content (AvgIpc) is 2.52. The van der Waals surface area contributed by atoms with E-state index in [0.29, 0.717) is 5.56 Å². The Labute approximate surface area is 130 Å². The number of esters is 1. The van der Waals surface area contributed by atoms with E-state index in [1.54, 1.807) is 6.92 Å². The van der Waals surface area contributed by atoms with Crippen LogP contribution in [0.25, 0.3) is 0 Å². The molecule has 6 heteroatoms. The van der Waals surface area contributed by atoms with Crippen molar-refractivity contribution in [2.75, 3.05) is 32.2 Å². The number of hydrogen-bond acceptors (Lipinski definition) is 5. The van der Waals surface area contributed by atoms with E-state index in [1.165, 1.54) is 12.7 Å². The van der Waals surface area contributed by atoms with Crippen LogP contribution < -0.4 is 10.2 Å². The van der Waals surface area contributed by atoms with E-state index < -0.39 is 18.1 Å². The number of nitrogens with zero attached hydrogens (tertiary/aromatic N) is 1. The SMILES string of the molecule is CCOC(=O)C(NC(=O)OC)c1ccc2c(c1)CCCN2C. The Morgan fingerprint density at radius 3 is 2.86 bits per heavy atom. The highest BCUT2D eigenvalue weighted by Crippen LogP contribution is 2.29. The zero-order chi connectivity index (χ0) is 16.1. The number of rotatable bonds is 4. The first-order chi connectivity index (χ1) is 10.6. The van der Waals surface area contributed by atoms with Gasteiger partial charge in [-0.2, -0.15) is 0 Å². The first-order valence-electron chi connectivity index (χ1n) is 7.42. The Morgan fingerprint density at radius 1 is 1.41 bits per heavy atom. The molecular formula is C16H22N2O4. The van der Waals surface area contributed by atoms with Crippen molar-refractivity contribution < 1.29 is 19.1 Å². The fourth-order valence-electron chi connectivity index (χ4n) is 2.67. The number of methoxy groups -OCH3 is 1. The Bertz CT molecular complexity index is 559. The summed E-state index contributed by atoms with van der Waals surface area (Å²) in [5.74, 6) is -0.489. The van der Waals surface area contributed by atoms with Crippen molar-refractivity contribution in [1.29, 1.82) is 0 Å². The molecule has 1 N–H and O–H groups in total. The van der Waals surface area contributed by atoms with E-state index in [2.05, 4.69) is 15.0 Å². The third-order valence-electron chi connectivity index (χ3n) is 3.76. The molecule has 0 saturated carbocycles. The van der Waals surface area contributed by atoms with Crippen LogP contribution in [0.5, 0.6) is 0 Å². The van der Waals surface area contributed by atoms with Crippen molar-refractivity contribution in [2.45, 2.75) is 25.8 Å². The summed E-state index contributed by atoms with van der Waals surface area (Å²) in [6.45, 7) is 3.01. The molecule has 22 heavy (non-hydrogen) atoms. The lowest BCUT2D eigenvalue weighted by Crippen LogP contribution is -2.35. The van der Waals surface area contributed by atoms with Gasteiger partial charge in [0.25, 0.3) is 0 Å². The molecule has 1 amide bonds. The minimum absolute atomic E-state index is 0.256. The molecule has 0 bridgehead atoms. The topological polar surface area (TPSA) is 67.9 Å². The number of anilines is 1. The molecule has 1 atom stereocenters. The van der Waals surface area contributed by atoms with E-state index in [0.717, 1.165) is 25.1 Å². The quantitative estimate of drug-likeness (QED) is 0.862. The van der Waals surface area contributed by atoms with Gasteiger partial charge in [0.05, 0.1) is 13.7 Å². The van der Waals surface area contributed by atoms with Gasteiger partial charge in [-0.15, -0.1) is 0 Å². The summed E-state index contributed by atoms with van der Waals surface area (Å²) in [6.07, 6.45) is 1.37. The van der Waals surface area contributed by atoms with Gasteiger partial charge in [-0.3, -0.25) is 0 Å². The molecule has 0 saturated heterocycles. The van der Waals surface area contributed by atoms with Gasteiger partial charge in [-0.25, -0.2) is 9.59 Å². The lowest BCUT2D eigenvalue weighted by Gasteiger charge is -2.28. The summed E-state index contributed by atoms with van der Waals surface area (Å²) in [5, 5.41) is 2.54. The third kappa shape index (κ3) is 3.50. The van der Waals surface area contributed by atoms with E-state index in [-0.39, 0.29) is 6.61 Å². The van der Waals surface area contributed by atoms with Crippen LogP contribution in [-0.2, 0) is 20.7 Å². The molecule has 0 aliphatic carbocycles. The second kappa shape index (κ2) is 7.15. The molecular weight excluding hydrogens is 284 g/mol. The molecule has 1 unspecified atom stereocenters.